The number of nitriles is 1. The number of rotatable bonds is 12. The summed E-state index contributed by atoms with van der Waals surface area (Å²) in [5, 5.41) is 17.1. The molecule has 146 valence electrons. The fourth-order valence-electron chi connectivity index (χ4n) is 2.25. The first-order valence-corrected chi connectivity index (χ1v) is 9.04. The molecule has 0 aliphatic carbocycles. The molecule has 0 aliphatic rings. The highest BCUT2D eigenvalue weighted by atomic mass is 16.5. The van der Waals surface area contributed by atoms with Gasteiger partial charge in [-0.15, -0.1) is 0 Å². The molecule has 2 rings (SSSR count). The lowest BCUT2D eigenvalue weighted by molar-refractivity contribution is -0.131. The number of carboxylic acid groups (broad SMARTS) is 1. The first kappa shape index (κ1) is 20.8. The molecular weight excluding hydrogens is 358 g/mol. The van der Waals surface area contributed by atoms with Crippen LogP contribution in [0.3, 0.4) is 0 Å². The van der Waals surface area contributed by atoms with Crippen molar-refractivity contribution in [1.82, 2.24) is 0 Å². The summed E-state index contributed by atoms with van der Waals surface area (Å²) in [7, 11) is 0. The quantitative estimate of drug-likeness (QED) is 0.435. The number of carbonyl (C=O) groups is 1. The van der Waals surface area contributed by atoms with Crippen molar-refractivity contribution in [3.63, 3.8) is 0 Å². The van der Waals surface area contributed by atoms with Gasteiger partial charge in [0.1, 0.15) is 17.2 Å². The first-order valence-electron chi connectivity index (χ1n) is 9.04. The van der Waals surface area contributed by atoms with Gasteiger partial charge >= 0.3 is 5.97 Å². The Labute approximate surface area is 164 Å². The van der Waals surface area contributed by atoms with Crippen LogP contribution >= 0.6 is 0 Å². The normalized spacial score (nSPS) is 10.4. The standard InChI is InChI=1S/C22H23NO5/c23-14-1-2-15-26-20-9-11-21(12-10-20)28-17-3-16-27-19-7-4-18(5-8-19)6-13-22(24)25/h4-13H,1-3,15-17H2,(H,24,25). The Morgan fingerprint density at radius 2 is 1.32 bits per heavy atom. The summed E-state index contributed by atoms with van der Waals surface area (Å²) >= 11 is 0. The molecule has 0 unspecified atom stereocenters. The van der Waals surface area contributed by atoms with Crippen LogP contribution in [0.5, 0.6) is 17.2 Å². The maximum absolute atomic E-state index is 10.5. The van der Waals surface area contributed by atoms with Crippen molar-refractivity contribution in [2.75, 3.05) is 19.8 Å². The summed E-state index contributed by atoms with van der Waals surface area (Å²) in [6, 6.07) is 16.7. The predicted molar refractivity (Wildman–Crippen MR) is 106 cm³/mol. The van der Waals surface area contributed by atoms with Crippen LogP contribution < -0.4 is 14.2 Å². The SMILES string of the molecule is N#CCCCOc1ccc(OCCCOc2ccc(C=CC(=O)O)cc2)cc1. The molecule has 0 saturated carbocycles. The van der Waals surface area contributed by atoms with Crippen molar-refractivity contribution in [3.05, 3.63) is 60.2 Å². The Bertz CT molecular complexity index is 791. The van der Waals surface area contributed by atoms with Gasteiger partial charge in [-0.2, -0.15) is 5.26 Å². The highest BCUT2D eigenvalue weighted by molar-refractivity contribution is 5.85. The fourth-order valence-corrected chi connectivity index (χ4v) is 2.25. The van der Waals surface area contributed by atoms with Crippen LogP contribution in [-0.4, -0.2) is 30.9 Å². The van der Waals surface area contributed by atoms with Crippen molar-refractivity contribution < 1.29 is 24.1 Å². The zero-order valence-corrected chi connectivity index (χ0v) is 15.5. The van der Waals surface area contributed by atoms with E-state index in [2.05, 4.69) is 6.07 Å². The zero-order valence-electron chi connectivity index (χ0n) is 15.5. The molecule has 0 aromatic heterocycles. The van der Waals surface area contributed by atoms with Crippen LogP contribution in [-0.2, 0) is 4.79 Å². The molecule has 6 heteroatoms. The third kappa shape index (κ3) is 8.28. The summed E-state index contributed by atoms with van der Waals surface area (Å²) < 4.78 is 16.8. The van der Waals surface area contributed by atoms with Crippen LogP contribution in [0.25, 0.3) is 6.08 Å². The van der Waals surface area contributed by atoms with E-state index in [0.29, 0.717) is 26.2 Å². The number of benzene rings is 2. The lowest BCUT2D eigenvalue weighted by atomic mass is 10.2. The van der Waals surface area contributed by atoms with E-state index >= 15 is 0 Å². The van der Waals surface area contributed by atoms with Gasteiger partial charge in [0, 0.05) is 18.9 Å². The molecule has 0 amide bonds. The van der Waals surface area contributed by atoms with Crippen LogP contribution in [0.2, 0.25) is 0 Å². The summed E-state index contributed by atoms with van der Waals surface area (Å²) in [4.78, 5) is 10.5. The molecule has 6 nitrogen and oxygen atoms in total. The number of unbranched alkanes of at least 4 members (excludes halogenated alkanes) is 1. The van der Waals surface area contributed by atoms with Crippen molar-refractivity contribution in [2.24, 2.45) is 0 Å². The average Bonchev–Trinajstić information content (AvgIpc) is 2.71. The molecule has 0 fully saturated rings. The Hall–Kier alpha value is -3.46. The monoisotopic (exact) mass is 381 g/mol. The minimum absolute atomic E-state index is 0.495. The Balaban J connectivity index is 1.62. The number of ether oxygens (including phenoxy) is 3. The van der Waals surface area contributed by atoms with Crippen molar-refractivity contribution in [3.8, 4) is 23.3 Å². The molecular formula is C22H23NO5. The maximum Gasteiger partial charge on any atom is 0.328 e. The molecule has 0 aliphatic heterocycles. The summed E-state index contributed by atoms with van der Waals surface area (Å²) in [5.41, 5.74) is 0.801. The number of hydrogen-bond donors (Lipinski definition) is 1. The van der Waals surface area contributed by atoms with Gasteiger partial charge in [-0.3, -0.25) is 0 Å². The molecule has 0 radical (unpaired) electrons. The molecule has 2 aromatic rings. The van der Waals surface area contributed by atoms with Crippen LogP contribution in [0.15, 0.2) is 54.6 Å². The van der Waals surface area contributed by atoms with Gasteiger partial charge in [-0.05, 0) is 54.5 Å². The maximum atomic E-state index is 10.5. The van der Waals surface area contributed by atoms with Crippen LogP contribution in [0.4, 0.5) is 0 Å². The first-order chi connectivity index (χ1) is 13.7. The number of nitrogens with zero attached hydrogens (tertiary/aromatic N) is 1. The van der Waals surface area contributed by atoms with E-state index in [1.807, 2.05) is 24.3 Å². The van der Waals surface area contributed by atoms with E-state index in [-0.39, 0.29) is 0 Å². The smallest absolute Gasteiger partial charge is 0.328 e. The molecule has 0 saturated heterocycles. The van der Waals surface area contributed by atoms with Gasteiger partial charge < -0.3 is 19.3 Å². The third-order valence-corrected chi connectivity index (χ3v) is 3.65. The van der Waals surface area contributed by atoms with E-state index < -0.39 is 5.97 Å². The Morgan fingerprint density at radius 1 is 0.857 bits per heavy atom. The number of carboxylic acids is 1. The second-order valence-electron chi connectivity index (χ2n) is 5.87. The highest BCUT2D eigenvalue weighted by Gasteiger charge is 1.99. The fraction of sp³-hybridized carbons (Fsp3) is 0.273. The van der Waals surface area contributed by atoms with Gasteiger partial charge in [0.15, 0.2) is 0 Å². The highest BCUT2D eigenvalue weighted by Crippen LogP contribution is 2.18. The van der Waals surface area contributed by atoms with Gasteiger partial charge in [0.05, 0.1) is 25.9 Å². The lowest BCUT2D eigenvalue weighted by Gasteiger charge is -2.09. The molecule has 0 spiro atoms. The van der Waals surface area contributed by atoms with E-state index in [9.17, 15) is 4.79 Å². The molecule has 28 heavy (non-hydrogen) atoms. The van der Waals surface area contributed by atoms with Gasteiger partial charge in [-0.25, -0.2) is 4.79 Å². The second kappa shape index (κ2) is 12.0. The molecule has 2 aromatic carbocycles. The van der Waals surface area contributed by atoms with Crippen LogP contribution in [0, 0.1) is 11.3 Å². The van der Waals surface area contributed by atoms with Crippen molar-refractivity contribution in [1.29, 1.82) is 5.26 Å². The van der Waals surface area contributed by atoms with Crippen LogP contribution in [0.1, 0.15) is 24.8 Å². The lowest BCUT2D eigenvalue weighted by Crippen LogP contribution is -2.05. The van der Waals surface area contributed by atoms with Gasteiger partial charge in [0.2, 0.25) is 0 Å². The molecule has 0 heterocycles. The molecule has 0 atom stereocenters. The zero-order chi connectivity index (χ0) is 20.0. The van der Waals surface area contributed by atoms with E-state index in [0.717, 1.165) is 41.7 Å². The summed E-state index contributed by atoms with van der Waals surface area (Å²) in [5.74, 6) is 1.28. The van der Waals surface area contributed by atoms with Crippen molar-refractivity contribution >= 4 is 12.0 Å². The second-order valence-corrected chi connectivity index (χ2v) is 5.87. The number of aliphatic carboxylic acids is 1. The van der Waals surface area contributed by atoms with Crippen molar-refractivity contribution in [2.45, 2.75) is 19.3 Å². The van der Waals surface area contributed by atoms with Gasteiger partial charge in [0.25, 0.3) is 0 Å². The Kier molecular flexibility index (Phi) is 8.95. The topological polar surface area (TPSA) is 88.8 Å². The molecule has 0 bridgehead atoms. The van der Waals surface area contributed by atoms with E-state index in [1.54, 1.807) is 24.3 Å². The summed E-state index contributed by atoms with van der Waals surface area (Å²) in [6.07, 6.45) is 4.57. The van der Waals surface area contributed by atoms with E-state index in [4.69, 9.17) is 24.6 Å². The average molecular weight is 381 g/mol. The predicted octanol–water partition coefficient (Wildman–Crippen LogP) is 4.31. The molecule has 1 N–H and O–H groups in total. The minimum Gasteiger partial charge on any atom is -0.494 e. The van der Waals surface area contributed by atoms with E-state index in [1.165, 1.54) is 6.08 Å². The minimum atomic E-state index is -0.974. The van der Waals surface area contributed by atoms with Gasteiger partial charge in [-0.1, -0.05) is 12.1 Å². The summed E-state index contributed by atoms with van der Waals surface area (Å²) in [6.45, 7) is 1.58. The third-order valence-electron chi connectivity index (χ3n) is 3.65. The Morgan fingerprint density at radius 3 is 1.79 bits per heavy atom. The number of hydrogen-bond acceptors (Lipinski definition) is 5. The largest absolute Gasteiger partial charge is 0.494 e.